The highest BCUT2D eigenvalue weighted by molar-refractivity contribution is 7.89. The molecule has 0 atom stereocenters. The zero-order chi connectivity index (χ0) is 17.3. The van der Waals surface area contributed by atoms with Crippen LogP contribution in [-0.4, -0.2) is 29.6 Å². The highest BCUT2D eigenvalue weighted by Crippen LogP contribution is 2.14. The van der Waals surface area contributed by atoms with Gasteiger partial charge in [-0.3, -0.25) is 0 Å². The summed E-state index contributed by atoms with van der Waals surface area (Å²) >= 11 is 0. The number of nitrogens with zero attached hydrogens (tertiary/aromatic N) is 3. The van der Waals surface area contributed by atoms with Gasteiger partial charge in [0.15, 0.2) is 5.65 Å². The number of hydrogen-bond donors (Lipinski definition) is 2. The summed E-state index contributed by atoms with van der Waals surface area (Å²) in [6.45, 7) is 4.56. The first-order chi connectivity index (χ1) is 11.3. The van der Waals surface area contributed by atoms with Crippen molar-refractivity contribution < 1.29 is 8.42 Å². The minimum absolute atomic E-state index is 0.123. The number of nitrogens with two attached hydrogens (primary N) is 1. The van der Waals surface area contributed by atoms with E-state index in [-0.39, 0.29) is 4.90 Å². The van der Waals surface area contributed by atoms with Crippen molar-refractivity contribution >= 4 is 21.5 Å². The van der Waals surface area contributed by atoms with Gasteiger partial charge in [0.25, 0.3) is 0 Å². The van der Waals surface area contributed by atoms with Crippen LogP contribution < -0.4 is 10.5 Å². The Labute approximate surface area is 140 Å². The molecule has 3 N–H and O–H groups in total. The SMILES string of the molecule is Cc1cc(NCCc2ccc(S(N)(=O)=O)cc2)n2nc(C)cc2n1. The molecule has 3 aromatic rings. The molecule has 2 aromatic heterocycles. The lowest BCUT2D eigenvalue weighted by atomic mass is 10.1. The van der Waals surface area contributed by atoms with Crippen LogP contribution in [0.2, 0.25) is 0 Å². The maximum atomic E-state index is 11.3. The van der Waals surface area contributed by atoms with Crippen LogP contribution in [0.3, 0.4) is 0 Å². The van der Waals surface area contributed by atoms with Gasteiger partial charge < -0.3 is 5.32 Å². The van der Waals surface area contributed by atoms with Gasteiger partial charge in [0.05, 0.1) is 10.6 Å². The third kappa shape index (κ3) is 3.55. The summed E-state index contributed by atoms with van der Waals surface area (Å²) in [4.78, 5) is 4.57. The smallest absolute Gasteiger partial charge is 0.238 e. The molecule has 0 aliphatic carbocycles. The second kappa shape index (κ2) is 6.21. The quantitative estimate of drug-likeness (QED) is 0.732. The van der Waals surface area contributed by atoms with Crippen LogP contribution in [-0.2, 0) is 16.4 Å². The molecule has 0 saturated heterocycles. The van der Waals surface area contributed by atoms with Gasteiger partial charge >= 0.3 is 0 Å². The predicted molar refractivity (Wildman–Crippen MR) is 92.5 cm³/mol. The Morgan fingerprint density at radius 1 is 1.12 bits per heavy atom. The summed E-state index contributed by atoms with van der Waals surface area (Å²) < 4.78 is 24.3. The van der Waals surface area contributed by atoms with E-state index in [2.05, 4.69) is 15.4 Å². The number of rotatable bonds is 5. The summed E-state index contributed by atoms with van der Waals surface area (Å²) in [5, 5.41) is 12.9. The van der Waals surface area contributed by atoms with Crippen molar-refractivity contribution in [1.29, 1.82) is 0 Å². The summed E-state index contributed by atoms with van der Waals surface area (Å²) in [5.41, 5.74) is 3.67. The fraction of sp³-hybridized carbons (Fsp3) is 0.250. The van der Waals surface area contributed by atoms with Crippen molar-refractivity contribution in [3.05, 3.63) is 53.3 Å². The molecule has 0 amide bonds. The van der Waals surface area contributed by atoms with E-state index in [9.17, 15) is 8.42 Å². The fourth-order valence-corrected chi connectivity index (χ4v) is 3.04. The number of aromatic nitrogens is 3. The predicted octanol–water partition coefficient (Wildman–Crippen LogP) is 1.65. The van der Waals surface area contributed by atoms with Gasteiger partial charge in [-0.25, -0.2) is 18.5 Å². The number of anilines is 1. The summed E-state index contributed by atoms with van der Waals surface area (Å²) in [6, 6.07) is 10.5. The fourth-order valence-electron chi connectivity index (χ4n) is 2.52. The minimum atomic E-state index is -3.64. The average molecular weight is 345 g/mol. The van der Waals surface area contributed by atoms with E-state index in [0.29, 0.717) is 6.54 Å². The van der Waals surface area contributed by atoms with Crippen LogP contribution in [0, 0.1) is 13.8 Å². The molecule has 126 valence electrons. The van der Waals surface area contributed by atoms with Crippen LogP contribution in [0.25, 0.3) is 5.65 Å². The largest absolute Gasteiger partial charge is 0.370 e. The molecule has 0 spiro atoms. The molecule has 0 aliphatic heterocycles. The third-order valence-electron chi connectivity index (χ3n) is 3.65. The van der Waals surface area contributed by atoms with E-state index in [1.807, 2.05) is 26.0 Å². The molecule has 2 heterocycles. The van der Waals surface area contributed by atoms with Crippen LogP contribution in [0.5, 0.6) is 0 Å². The summed E-state index contributed by atoms with van der Waals surface area (Å²) in [5.74, 6) is 0.881. The van der Waals surface area contributed by atoms with Gasteiger partial charge in [-0.1, -0.05) is 12.1 Å². The highest BCUT2D eigenvalue weighted by Gasteiger charge is 2.08. The van der Waals surface area contributed by atoms with E-state index < -0.39 is 10.0 Å². The first-order valence-electron chi connectivity index (χ1n) is 7.52. The number of sulfonamides is 1. The molecule has 0 fully saturated rings. The van der Waals surface area contributed by atoms with Crippen molar-refractivity contribution in [2.45, 2.75) is 25.2 Å². The number of primary sulfonamides is 1. The maximum Gasteiger partial charge on any atom is 0.238 e. The number of aryl methyl sites for hydroxylation is 2. The standard InChI is InChI=1S/C16H19N5O2S/c1-11-9-15(21-16(19-11)10-12(2)20-21)18-8-7-13-3-5-14(6-4-13)24(17,22)23/h3-6,9-10,18H,7-8H2,1-2H3,(H2,17,22,23). The summed E-state index contributed by atoms with van der Waals surface area (Å²) in [7, 11) is -3.64. The molecule has 3 rings (SSSR count). The van der Waals surface area contributed by atoms with Gasteiger partial charge in [-0.05, 0) is 38.0 Å². The molecular formula is C16H19N5O2S. The normalized spacial score (nSPS) is 11.8. The Bertz CT molecular complexity index is 978. The van der Waals surface area contributed by atoms with Gasteiger partial charge in [0, 0.05) is 24.4 Å². The van der Waals surface area contributed by atoms with Crippen LogP contribution in [0.1, 0.15) is 17.0 Å². The van der Waals surface area contributed by atoms with Gasteiger partial charge in [-0.2, -0.15) is 9.61 Å². The van der Waals surface area contributed by atoms with Crippen molar-refractivity contribution in [2.75, 3.05) is 11.9 Å². The number of nitrogens with one attached hydrogen (secondary N) is 1. The molecule has 0 radical (unpaired) electrons. The Balaban J connectivity index is 1.71. The molecule has 7 nitrogen and oxygen atoms in total. The zero-order valence-electron chi connectivity index (χ0n) is 13.5. The molecule has 0 aliphatic rings. The molecule has 0 bridgehead atoms. The lowest BCUT2D eigenvalue weighted by Crippen LogP contribution is -2.12. The van der Waals surface area contributed by atoms with Crippen molar-refractivity contribution in [1.82, 2.24) is 14.6 Å². The molecule has 0 unspecified atom stereocenters. The Morgan fingerprint density at radius 2 is 1.83 bits per heavy atom. The van der Waals surface area contributed by atoms with E-state index in [0.717, 1.165) is 34.8 Å². The topological polar surface area (TPSA) is 102 Å². The zero-order valence-corrected chi connectivity index (χ0v) is 14.3. The lowest BCUT2D eigenvalue weighted by Gasteiger charge is -2.09. The van der Waals surface area contributed by atoms with Crippen molar-refractivity contribution in [2.24, 2.45) is 5.14 Å². The number of benzene rings is 1. The van der Waals surface area contributed by atoms with Gasteiger partial charge in [0.2, 0.25) is 10.0 Å². The van der Waals surface area contributed by atoms with E-state index in [1.165, 1.54) is 12.1 Å². The monoisotopic (exact) mass is 345 g/mol. The highest BCUT2D eigenvalue weighted by atomic mass is 32.2. The minimum Gasteiger partial charge on any atom is -0.370 e. The Kier molecular flexibility index (Phi) is 4.25. The Morgan fingerprint density at radius 3 is 2.50 bits per heavy atom. The van der Waals surface area contributed by atoms with Crippen LogP contribution >= 0.6 is 0 Å². The molecular weight excluding hydrogens is 326 g/mol. The third-order valence-corrected chi connectivity index (χ3v) is 4.58. The maximum absolute atomic E-state index is 11.3. The molecule has 1 aromatic carbocycles. The first kappa shape index (κ1) is 16.4. The van der Waals surface area contributed by atoms with Crippen molar-refractivity contribution in [3.63, 3.8) is 0 Å². The van der Waals surface area contributed by atoms with Crippen molar-refractivity contribution in [3.8, 4) is 0 Å². The van der Waals surface area contributed by atoms with E-state index in [1.54, 1.807) is 16.6 Å². The van der Waals surface area contributed by atoms with Crippen LogP contribution in [0.15, 0.2) is 41.3 Å². The first-order valence-corrected chi connectivity index (χ1v) is 9.07. The lowest BCUT2D eigenvalue weighted by molar-refractivity contribution is 0.598. The number of hydrogen-bond acceptors (Lipinski definition) is 5. The number of fused-ring (bicyclic) bond motifs is 1. The molecule has 24 heavy (non-hydrogen) atoms. The second-order valence-corrected chi connectivity index (χ2v) is 7.27. The van der Waals surface area contributed by atoms with E-state index >= 15 is 0 Å². The van der Waals surface area contributed by atoms with E-state index in [4.69, 9.17) is 5.14 Å². The molecule has 8 heteroatoms. The van der Waals surface area contributed by atoms with Crippen LogP contribution in [0.4, 0.5) is 5.82 Å². The Hall–Kier alpha value is -2.45. The van der Waals surface area contributed by atoms with Gasteiger partial charge in [-0.15, -0.1) is 0 Å². The summed E-state index contributed by atoms with van der Waals surface area (Å²) in [6.07, 6.45) is 0.744. The molecule has 0 saturated carbocycles. The average Bonchev–Trinajstić information content (AvgIpc) is 2.87. The van der Waals surface area contributed by atoms with Gasteiger partial charge in [0.1, 0.15) is 5.82 Å². The second-order valence-electron chi connectivity index (χ2n) is 5.70.